The van der Waals surface area contributed by atoms with Crippen molar-refractivity contribution in [1.82, 2.24) is 4.90 Å². The van der Waals surface area contributed by atoms with Crippen LogP contribution in [0.4, 0.5) is 11.4 Å². The van der Waals surface area contributed by atoms with Crippen molar-refractivity contribution in [3.05, 3.63) is 18.2 Å². The zero-order chi connectivity index (χ0) is 12.3. The molecule has 0 atom stereocenters. The summed E-state index contributed by atoms with van der Waals surface area (Å²) in [4.78, 5) is 4.80. The van der Waals surface area contributed by atoms with Crippen molar-refractivity contribution >= 4 is 11.4 Å². The van der Waals surface area contributed by atoms with Crippen LogP contribution in [0.15, 0.2) is 18.2 Å². The minimum absolute atomic E-state index is 0.711. The number of likely N-dealkylation sites (N-methyl/N-ethyl adjacent to an activating group) is 1. The van der Waals surface area contributed by atoms with E-state index in [4.69, 9.17) is 10.5 Å². The van der Waals surface area contributed by atoms with Gasteiger partial charge in [-0.2, -0.15) is 0 Å². The van der Waals surface area contributed by atoms with E-state index in [0.717, 1.165) is 44.2 Å². The van der Waals surface area contributed by atoms with Gasteiger partial charge in [-0.05, 0) is 18.7 Å². The van der Waals surface area contributed by atoms with Crippen molar-refractivity contribution in [3.63, 3.8) is 0 Å². The second-order valence-electron chi connectivity index (χ2n) is 4.32. The fraction of sp³-hybridized carbons (Fsp3) is 0.538. The van der Waals surface area contributed by atoms with Gasteiger partial charge in [-0.15, -0.1) is 0 Å². The molecule has 0 saturated carbocycles. The second-order valence-corrected chi connectivity index (χ2v) is 4.32. The monoisotopic (exact) mass is 235 g/mol. The molecule has 4 nitrogen and oxygen atoms in total. The van der Waals surface area contributed by atoms with Gasteiger partial charge in [0.05, 0.1) is 18.5 Å². The number of methoxy groups -OCH3 is 1. The van der Waals surface area contributed by atoms with Crippen molar-refractivity contribution in [2.24, 2.45) is 0 Å². The summed E-state index contributed by atoms with van der Waals surface area (Å²) in [5.41, 5.74) is 7.76. The van der Waals surface area contributed by atoms with E-state index in [1.165, 1.54) is 0 Å². The molecule has 1 aliphatic heterocycles. The van der Waals surface area contributed by atoms with E-state index in [0.29, 0.717) is 5.69 Å². The molecule has 1 saturated heterocycles. The van der Waals surface area contributed by atoms with Gasteiger partial charge in [0.15, 0.2) is 5.75 Å². The maximum Gasteiger partial charge on any atom is 0.165 e. The number of benzene rings is 1. The van der Waals surface area contributed by atoms with Gasteiger partial charge >= 0.3 is 0 Å². The smallest absolute Gasteiger partial charge is 0.165 e. The van der Waals surface area contributed by atoms with Crippen LogP contribution in [0.1, 0.15) is 6.92 Å². The first kappa shape index (κ1) is 12.0. The van der Waals surface area contributed by atoms with Crippen LogP contribution in [0.2, 0.25) is 0 Å². The van der Waals surface area contributed by atoms with Crippen LogP contribution in [-0.2, 0) is 0 Å². The van der Waals surface area contributed by atoms with Crippen molar-refractivity contribution < 1.29 is 4.74 Å². The number of anilines is 2. The van der Waals surface area contributed by atoms with E-state index < -0.39 is 0 Å². The van der Waals surface area contributed by atoms with Crippen molar-refractivity contribution in [2.45, 2.75) is 6.92 Å². The van der Waals surface area contributed by atoms with E-state index >= 15 is 0 Å². The lowest BCUT2D eigenvalue weighted by atomic mass is 10.2. The Labute approximate surface area is 103 Å². The summed E-state index contributed by atoms with van der Waals surface area (Å²) >= 11 is 0. The van der Waals surface area contributed by atoms with Gasteiger partial charge in [0.2, 0.25) is 0 Å². The summed E-state index contributed by atoms with van der Waals surface area (Å²) in [6, 6.07) is 5.95. The molecule has 1 aromatic carbocycles. The maximum atomic E-state index is 5.93. The zero-order valence-electron chi connectivity index (χ0n) is 10.6. The Morgan fingerprint density at radius 2 is 1.94 bits per heavy atom. The van der Waals surface area contributed by atoms with Gasteiger partial charge in [-0.3, -0.25) is 0 Å². The Kier molecular flexibility index (Phi) is 3.74. The standard InChI is InChI=1S/C13H21N3O/c1-3-15-7-9-16(10-8-15)12-6-4-5-11(14)13(12)17-2/h4-6H,3,7-10,14H2,1-2H3. The fourth-order valence-electron chi connectivity index (χ4n) is 2.32. The van der Waals surface area contributed by atoms with Crippen molar-refractivity contribution in [2.75, 3.05) is 50.5 Å². The molecule has 0 bridgehead atoms. The number of piperazine rings is 1. The van der Waals surface area contributed by atoms with Crippen LogP contribution in [0.5, 0.6) is 5.75 Å². The summed E-state index contributed by atoms with van der Waals surface area (Å²) in [5.74, 6) is 0.803. The normalized spacial score (nSPS) is 17.2. The predicted octanol–water partition coefficient (Wildman–Crippen LogP) is 1.42. The minimum Gasteiger partial charge on any atom is -0.492 e. The first-order valence-corrected chi connectivity index (χ1v) is 6.16. The highest BCUT2D eigenvalue weighted by molar-refractivity contribution is 5.70. The Morgan fingerprint density at radius 3 is 2.53 bits per heavy atom. The molecular weight excluding hydrogens is 214 g/mol. The Balaban J connectivity index is 2.15. The van der Waals surface area contributed by atoms with Crippen LogP contribution in [0, 0.1) is 0 Å². The summed E-state index contributed by atoms with van der Waals surface area (Å²) < 4.78 is 5.40. The second kappa shape index (κ2) is 5.27. The van der Waals surface area contributed by atoms with E-state index in [9.17, 15) is 0 Å². The third-order valence-electron chi connectivity index (χ3n) is 3.39. The van der Waals surface area contributed by atoms with Crippen LogP contribution >= 0.6 is 0 Å². The molecule has 4 heteroatoms. The third kappa shape index (κ3) is 2.47. The molecule has 1 fully saturated rings. The topological polar surface area (TPSA) is 41.7 Å². The minimum atomic E-state index is 0.711. The molecule has 94 valence electrons. The van der Waals surface area contributed by atoms with Crippen LogP contribution in [0.3, 0.4) is 0 Å². The van der Waals surface area contributed by atoms with Crippen LogP contribution < -0.4 is 15.4 Å². The molecular formula is C13H21N3O. The van der Waals surface area contributed by atoms with Gasteiger partial charge < -0.3 is 20.3 Å². The lowest BCUT2D eigenvalue weighted by Crippen LogP contribution is -2.46. The lowest BCUT2D eigenvalue weighted by Gasteiger charge is -2.36. The van der Waals surface area contributed by atoms with Crippen LogP contribution in [0.25, 0.3) is 0 Å². The number of rotatable bonds is 3. The number of nitrogens with two attached hydrogens (primary N) is 1. The highest BCUT2D eigenvalue weighted by atomic mass is 16.5. The molecule has 0 spiro atoms. The summed E-state index contributed by atoms with van der Waals surface area (Å²) in [7, 11) is 1.68. The molecule has 0 aliphatic carbocycles. The highest BCUT2D eigenvalue weighted by Gasteiger charge is 2.19. The first-order valence-electron chi connectivity index (χ1n) is 6.16. The quantitative estimate of drug-likeness (QED) is 0.805. The van der Waals surface area contributed by atoms with E-state index in [-0.39, 0.29) is 0 Å². The fourth-order valence-corrected chi connectivity index (χ4v) is 2.32. The third-order valence-corrected chi connectivity index (χ3v) is 3.39. The predicted molar refractivity (Wildman–Crippen MR) is 71.7 cm³/mol. The van der Waals surface area contributed by atoms with Crippen molar-refractivity contribution in [3.8, 4) is 5.75 Å². The van der Waals surface area contributed by atoms with E-state index in [1.807, 2.05) is 12.1 Å². The zero-order valence-corrected chi connectivity index (χ0v) is 10.6. The molecule has 1 heterocycles. The van der Waals surface area contributed by atoms with E-state index in [2.05, 4.69) is 22.8 Å². The van der Waals surface area contributed by atoms with Gasteiger partial charge in [0.25, 0.3) is 0 Å². The largest absolute Gasteiger partial charge is 0.492 e. The number of para-hydroxylation sites is 1. The number of hydrogen-bond donors (Lipinski definition) is 1. The first-order chi connectivity index (χ1) is 8.26. The summed E-state index contributed by atoms with van der Waals surface area (Å²) in [5, 5.41) is 0. The number of nitrogens with zero attached hydrogens (tertiary/aromatic N) is 2. The molecule has 0 unspecified atom stereocenters. The number of hydrogen-bond acceptors (Lipinski definition) is 4. The summed E-state index contributed by atoms with van der Waals surface area (Å²) in [6.45, 7) is 7.61. The van der Waals surface area contributed by atoms with Gasteiger partial charge in [-0.25, -0.2) is 0 Å². The summed E-state index contributed by atoms with van der Waals surface area (Å²) in [6.07, 6.45) is 0. The average Bonchev–Trinajstić information content (AvgIpc) is 2.38. The number of nitrogen functional groups attached to an aromatic ring is 1. The molecule has 0 aromatic heterocycles. The molecule has 17 heavy (non-hydrogen) atoms. The Morgan fingerprint density at radius 1 is 1.24 bits per heavy atom. The molecule has 1 aliphatic rings. The molecule has 1 aromatic rings. The lowest BCUT2D eigenvalue weighted by molar-refractivity contribution is 0.270. The molecule has 0 radical (unpaired) electrons. The molecule has 0 amide bonds. The molecule has 2 rings (SSSR count). The average molecular weight is 235 g/mol. The SMILES string of the molecule is CCN1CCN(c2cccc(N)c2OC)CC1. The van der Waals surface area contributed by atoms with Gasteiger partial charge in [0, 0.05) is 26.2 Å². The Bertz CT molecular complexity index is 373. The maximum absolute atomic E-state index is 5.93. The van der Waals surface area contributed by atoms with Crippen molar-refractivity contribution in [1.29, 1.82) is 0 Å². The molecule has 2 N–H and O–H groups in total. The van der Waals surface area contributed by atoms with E-state index in [1.54, 1.807) is 7.11 Å². The van der Waals surface area contributed by atoms with Gasteiger partial charge in [0.1, 0.15) is 0 Å². The Hall–Kier alpha value is -1.42. The number of ether oxygens (including phenoxy) is 1. The van der Waals surface area contributed by atoms with Crippen LogP contribution in [-0.4, -0.2) is 44.7 Å². The highest BCUT2D eigenvalue weighted by Crippen LogP contribution is 2.34. The van der Waals surface area contributed by atoms with Gasteiger partial charge in [-0.1, -0.05) is 13.0 Å².